The van der Waals surface area contributed by atoms with E-state index in [0.29, 0.717) is 10.7 Å². The molecule has 4 heteroatoms. The summed E-state index contributed by atoms with van der Waals surface area (Å²) in [5.74, 6) is 0. The van der Waals surface area contributed by atoms with Crippen LogP contribution in [-0.4, -0.2) is 6.03 Å². The fourth-order valence-corrected chi connectivity index (χ4v) is 3.45. The molecule has 2 amide bonds. The molecule has 1 atom stereocenters. The van der Waals surface area contributed by atoms with Gasteiger partial charge in [-0.25, -0.2) is 4.79 Å². The molecule has 1 aliphatic carbocycles. The number of hydrogen-bond acceptors (Lipinski definition) is 1. The Labute approximate surface area is 148 Å². The van der Waals surface area contributed by atoms with Gasteiger partial charge >= 0.3 is 6.03 Å². The van der Waals surface area contributed by atoms with Gasteiger partial charge in [0.05, 0.1) is 16.8 Å². The van der Waals surface area contributed by atoms with Crippen molar-refractivity contribution in [3.05, 3.63) is 64.2 Å². The van der Waals surface area contributed by atoms with E-state index in [2.05, 4.69) is 35.8 Å². The van der Waals surface area contributed by atoms with E-state index in [1.807, 2.05) is 12.1 Å². The van der Waals surface area contributed by atoms with Crippen LogP contribution in [-0.2, 0) is 12.8 Å². The predicted molar refractivity (Wildman–Crippen MR) is 99.7 cm³/mol. The maximum atomic E-state index is 12.3. The van der Waals surface area contributed by atoms with Gasteiger partial charge in [0.2, 0.25) is 0 Å². The van der Waals surface area contributed by atoms with Crippen molar-refractivity contribution in [3.8, 4) is 0 Å². The molecule has 3 nitrogen and oxygen atoms in total. The van der Waals surface area contributed by atoms with Crippen LogP contribution >= 0.6 is 11.6 Å². The Morgan fingerprint density at radius 2 is 1.88 bits per heavy atom. The molecule has 0 spiro atoms. The quantitative estimate of drug-likeness (QED) is 0.757. The van der Waals surface area contributed by atoms with Crippen LogP contribution in [0.25, 0.3) is 0 Å². The topological polar surface area (TPSA) is 41.1 Å². The van der Waals surface area contributed by atoms with Crippen LogP contribution in [0, 0.1) is 0 Å². The van der Waals surface area contributed by atoms with Crippen molar-refractivity contribution in [2.75, 3.05) is 5.32 Å². The Morgan fingerprint density at radius 3 is 2.62 bits per heavy atom. The monoisotopic (exact) mass is 342 g/mol. The van der Waals surface area contributed by atoms with E-state index in [0.717, 1.165) is 12.8 Å². The van der Waals surface area contributed by atoms with Gasteiger partial charge in [-0.05, 0) is 60.9 Å². The lowest BCUT2D eigenvalue weighted by molar-refractivity contribution is 0.248. The molecule has 2 N–H and O–H groups in total. The third kappa shape index (κ3) is 3.90. The number of hydrogen-bond donors (Lipinski definition) is 2. The van der Waals surface area contributed by atoms with Crippen LogP contribution < -0.4 is 10.6 Å². The number of benzene rings is 2. The van der Waals surface area contributed by atoms with Crippen molar-refractivity contribution in [1.82, 2.24) is 5.32 Å². The van der Waals surface area contributed by atoms with Gasteiger partial charge < -0.3 is 10.6 Å². The van der Waals surface area contributed by atoms with Crippen LogP contribution in [0.5, 0.6) is 0 Å². The molecular formula is C20H23ClN2O. The summed E-state index contributed by atoms with van der Waals surface area (Å²) in [5, 5.41) is 6.42. The van der Waals surface area contributed by atoms with Crippen LogP contribution in [0.2, 0.25) is 5.02 Å². The highest BCUT2D eigenvalue weighted by Crippen LogP contribution is 2.26. The molecule has 0 fully saturated rings. The van der Waals surface area contributed by atoms with Gasteiger partial charge in [0.25, 0.3) is 0 Å². The van der Waals surface area contributed by atoms with Crippen molar-refractivity contribution in [1.29, 1.82) is 0 Å². The van der Waals surface area contributed by atoms with Crippen molar-refractivity contribution < 1.29 is 4.79 Å². The molecule has 0 radical (unpaired) electrons. The number of fused-ring (bicyclic) bond motifs is 1. The van der Waals surface area contributed by atoms with Gasteiger partial charge in [-0.3, -0.25) is 0 Å². The first-order chi connectivity index (χ1) is 11.7. The first kappa shape index (κ1) is 16.8. The number of para-hydroxylation sites is 1. The molecular weight excluding hydrogens is 320 g/mol. The third-order valence-corrected chi connectivity index (χ3v) is 4.94. The molecule has 0 saturated heterocycles. The summed E-state index contributed by atoms with van der Waals surface area (Å²) in [6.45, 7) is 2.08. The number of urea groups is 1. The zero-order valence-electron chi connectivity index (χ0n) is 13.9. The lowest BCUT2D eigenvalue weighted by Crippen LogP contribution is -2.32. The van der Waals surface area contributed by atoms with Gasteiger partial charge in [-0.2, -0.15) is 0 Å². The minimum atomic E-state index is -0.229. The fourth-order valence-electron chi connectivity index (χ4n) is 3.27. The zero-order chi connectivity index (χ0) is 16.9. The highest BCUT2D eigenvalue weighted by Gasteiger charge is 2.16. The number of nitrogens with one attached hydrogen (secondary N) is 2. The fraction of sp³-hybridized carbons (Fsp3) is 0.350. The van der Waals surface area contributed by atoms with E-state index < -0.39 is 0 Å². The summed E-state index contributed by atoms with van der Waals surface area (Å²) < 4.78 is 0. The van der Waals surface area contributed by atoms with Crippen molar-refractivity contribution in [3.63, 3.8) is 0 Å². The number of anilines is 1. The Morgan fingerprint density at radius 1 is 1.12 bits per heavy atom. The van der Waals surface area contributed by atoms with Crippen LogP contribution in [0.1, 0.15) is 48.9 Å². The molecule has 2 aromatic carbocycles. The lowest BCUT2D eigenvalue weighted by Gasteiger charge is -2.22. The second-order valence-corrected chi connectivity index (χ2v) is 6.68. The number of amides is 2. The van der Waals surface area contributed by atoms with E-state index in [4.69, 9.17) is 11.6 Å². The Kier molecular flexibility index (Phi) is 5.41. The second-order valence-electron chi connectivity index (χ2n) is 6.27. The highest BCUT2D eigenvalue weighted by molar-refractivity contribution is 6.33. The van der Waals surface area contributed by atoms with E-state index in [-0.39, 0.29) is 12.1 Å². The standard InChI is InChI=1S/C20H23ClN2O/c1-2-18(16-12-11-14-7-3-4-8-15(14)13-16)22-20(24)23-19-10-6-5-9-17(19)21/h5-6,9-13,18H,2-4,7-8H2,1H3,(H2,22,23,24). The Hall–Kier alpha value is -2.00. The number of carbonyl (C=O) groups excluding carboxylic acids is 1. The summed E-state index contributed by atoms with van der Waals surface area (Å²) in [4.78, 5) is 12.3. The summed E-state index contributed by atoms with van der Waals surface area (Å²) in [5.41, 5.74) is 4.69. The van der Waals surface area contributed by atoms with Gasteiger partial charge in [0.15, 0.2) is 0 Å². The Balaban J connectivity index is 1.70. The van der Waals surface area contributed by atoms with Crippen molar-refractivity contribution in [2.45, 2.75) is 45.1 Å². The maximum Gasteiger partial charge on any atom is 0.319 e. The molecule has 2 aromatic rings. The molecule has 126 valence electrons. The molecule has 0 bridgehead atoms. The number of carbonyl (C=O) groups is 1. The average Bonchev–Trinajstić information content (AvgIpc) is 2.61. The molecule has 0 heterocycles. The molecule has 0 saturated carbocycles. The van der Waals surface area contributed by atoms with Crippen molar-refractivity contribution >= 4 is 23.3 Å². The maximum absolute atomic E-state index is 12.3. The second kappa shape index (κ2) is 7.71. The SMILES string of the molecule is CCC(NC(=O)Nc1ccccc1Cl)c1ccc2c(c1)CCCC2. The lowest BCUT2D eigenvalue weighted by atomic mass is 9.89. The van der Waals surface area contributed by atoms with E-state index in [1.54, 1.807) is 12.1 Å². The van der Waals surface area contributed by atoms with Gasteiger partial charge in [0.1, 0.15) is 0 Å². The largest absolute Gasteiger partial charge is 0.331 e. The van der Waals surface area contributed by atoms with Gasteiger partial charge in [0, 0.05) is 0 Å². The first-order valence-corrected chi connectivity index (χ1v) is 8.99. The smallest absolute Gasteiger partial charge is 0.319 e. The van der Waals surface area contributed by atoms with E-state index >= 15 is 0 Å². The number of halogens is 1. The molecule has 3 rings (SSSR count). The van der Waals surface area contributed by atoms with Crippen LogP contribution in [0.4, 0.5) is 10.5 Å². The van der Waals surface area contributed by atoms with Crippen molar-refractivity contribution in [2.24, 2.45) is 0 Å². The van der Waals surface area contributed by atoms with Crippen LogP contribution in [0.3, 0.4) is 0 Å². The van der Waals surface area contributed by atoms with Crippen LogP contribution in [0.15, 0.2) is 42.5 Å². The third-order valence-electron chi connectivity index (χ3n) is 4.61. The Bertz CT molecular complexity index is 729. The zero-order valence-corrected chi connectivity index (χ0v) is 14.7. The summed E-state index contributed by atoms with van der Waals surface area (Å²) in [7, 11) is 0. The molecule has 0 aliphatic heterocycles. The molecule has 1 unspecified atom stereocenters. The van der Waals surface area contributed by atoms with Gasteiger partial charge in [-0.1, -0.05) is 48.9 Å². The van der Waals surface area contributed by atoms with E-state index in [9.17, 15) is 4.79 Å². The van der Waals surface area contributed by atoms with Gasteiger partial charge in [-0.15, -0.1) is 0 Å². The molecule has 24 heavy (non-hydrogen) atoms. The first-order valence-electron chi connectivity index (χ1n) is 8.61. The average molecular weight is 343 g/mol. The number of aryl methyl sites for hydroxylation is 2. The summed E-state index contributed by atoms with van der Waals surface area (Å²) in [6.07, 6.45) is 5.70. The summed E-state index contributed by atoms with van der Waals surface area (Å²) in [6, 6.07) is 13.6. The summed E-state index contributed by atoms with van der Waals surface area (Å²) >= 11 is 6.09. The highest BCUT2D eigenvalue weighted by atomic mass is 35.5. The minimum absolute atomic E-state index is 0.000265. The predicted octanol–water partition coefficient (Wildman–Crippen LogP) is 5.49. The molecule has 0 aromatic heterocycles. The number of rotatable bonds is 4. The normalized spacial score (nSPS) is 14.6. The molecule has 1 aliphatic rings. The minimum Gasteiger partial charge on any atom is -0.331 e. The van der Waals surface area contributed by atoms with E-state index in [1.165, 1.54) is 36.0 Å².